The molecule has 80 valence electrons. The van der Waals surface area contributed by atoms with Crippen molar-refractivity contribution < 1.29 is 0 Å². The van der Waals surface area contributed by atoms with Gasteiger partial charge in [0.2, 0.25) is 0 Å². The molecule has 0 radical (unpaired) electrons. The highest BCUT2D eigenvalue weighted by molar-refractivity contribution is 9.10. The van der Waals surface area contributed by atoms with Crippen LogP contribution in [-0.4, -0.2) is 12.4 Å². The summed E-state index contributed by atoms with van der Waals surface area (Å²) < 4.78 is 1.16. The van der Waals surface area contributed by atoms with Crippen molar-refractivity contribution in [1.82, 2.24) is 5.32 Å². The first-order valence-corrected chi connectivity index (χ1v) is 6.11. The quantitative estimate of drug-likeness (QED) is 0.873. The van der Waals surface area contributed by atoms with Gasteiger partial charge in [-0.15, -0.1) is 0 Å². The van der Waals surface area contributed by atoms with Gasteiger partial charge < -0.3 is 5.32 Å². The minimum Gasteiger partial charge on any atom is -0.367 e. The Balaban J connectivity index is 2.07. The Morgan fingerprint density at radius 2 is 2.20 bits per heavy atom. The van der Waals surface area contributed by atoms with E-state index in [0.717, 1.165) is 23.3 Å². The van der Waals surface area contributed by atoms with Crippen molar-refractivity contribution in [3.63, 3.8) is 0 Å². The molecule has 2 nitrogen and oxygen atoms in total. The second-order valence-electron chi connectivity index (χ2n) is 3.82. The highest BCUT2D eigenvalue weighted by Crippen LogP contribution is 2.23. The highest BCUT2D eigenvalue weighted by Gasteiger charge is 2.12. The van der Waals surface area contributed by atoms with Gasteiger partial charge in [0.15, 0.2) is 0 Å². The third-order valence-corrected chi connectivity index (χ3v) is 3.35. The molecule has 1 aliphatic heterocycles. The topological polar surface area (TPSA) is 24.4 Å². The number of benzene rings is 1. The average molecular weight is 267 g/mol. The Morgan fingerprint density at radius 1 is 1.40 bits per heavy atom. The van der Waals surface area contributed by atoms with Crippen LogP contribution in [0.25, 0.3) is 0 Å². The Bertz CT molecular complexity index is 374. The minimum absolute atomic E-state index is 0.317. The van der Waals surface area contributed by atoms with Crippen LogP contribution in [0.1, 0.15) is 31.4 Å². The first kappa shape index (κ1) is 10.7. The molecule has 1 heterocycles. The molecule has 0 spiro atoms. The number of hydrogen-bond acceptors (Lipinski definition) is 2. The molecule has 0 fully saturated rings. The standard InChI is InChI=1S/C12H15BrN2/c1-9(15-12-7-4-8-14-12)10-5-2-3-6-11(10)13/h2-3,5-6,9H,4,7-8H2,1H3,(H,14,15)/t9-/m1/s1. The molecule has 0 unspecified atom stereocenters. The van der Waals surface area contributed by atoms with E-state index in [2.05, 4.69) is 51.4 Å². The summed E-state index contributed by atoms with van der Waals surface area (Å²) in [5.41, 5.74) is 1.28. The molecule has 0 aromatic heterocycles. The number of halogens is 1. The molecule has 0 saturated carbocycles. The van der Waals surface area contributed by atoms with Crippen LogP contribution in [0, 0.1) is 0 Å². The summed E-state index contributed by atoms with van der Waals surface area (Å²) in [7, 11) is 0. The summed E-state index contributed by atoms with van der Waals surface area (Å²) in [5, 5.41) is 3.46. The van der Waals surface area contributed by atoms with E-state index in [9.17, 15) is 0 Å². The van der Waals surface area contributed by atoms with E-state index in [1.165, 1.54) is 12.0 Å². The molecule has 1 N–H and O–H groups in total. The fourth-order valence-corrected chi connectivity index (χ4v) is 2.44. The molecule has 0 amide bonds. The van der Waals surface area contributed by atoms with Gasteiger partial charge in [-0.05, 0) is 25.0 Å². The van der Waals surface area contributed by atoms with Crippen molar-refractivity contribution in [3.8, 4) is 0 Å². The van der Waals surface area contributed by atoms with E-state index in [-0.39, 0.29) is 0 Å². The molecule has 0 aliphatic carbocycles. The summed E-state index contributed by atoms with van der Waals surface area (Å²) in [4.78, 5) is 4.42. The lowest BCUT2D eigenvalue weighted by Gasteiger charge is -2.16. The van der Waals surface area contributed by atoms with Gasteiger partial charge in [-0.25, -0.2) is 0 Å². The zero-order valence-electron chi connectivity index (χ0n) is 8.83. The molecular formula is C12H15BrN2. The van der Waals surface area contributed by atoms with E-state index in [0.29, 0.717) is 6.04 Å². The third kappa shape index (κ3) is 2.59. The lowest BCUT2D eigenvalue weighted by atomic mass is 10.1. The van der Waals surface area contributed by atoms with E-state index in [4.69, 9.17) is 0 Å². The van der Waals surface area contributed by atoms with E-state index in [1.54, 1.807) is 0 Å². The van der Waals surface area contributed by atoms with Gasteiger partial charge in [0, 0.05) is 17.4 Å². The van der Waals surface area contributed by atoms with Crippen LogP contribution in [0.15, 0.2) is 33.7 Å². The Kier molecular flexibility index (Phi) is 3.41. The van der Waals surface area contributed by atoms with Gasteiger partial charge in [-0.3, -0.25) is 4.99 Å². The van der Waals surface area contributed by atoms with E-state index < -0.39 is 0 Å². The van der Waals surface area contributed by atoms with E-state index in [1.807, 2.05) is 6.07 Å². The van der Waals surface area contributed by atoms with Crippen LogP contribution < -0.4 is 5.32 Å². The Labute approximate surface area is 98.9 Å². The summed E-state index contributed by atoms with van der Waals surface area (Å²) >= 11 is 3.57. The lowest BCUT2D eigenvalue weighted by Crippen LogP contribution is -2.25. The lowest BCUT2D eigenvalue weighted by molar-refractivity contribution is 0.706. The van der Waals surface area contributed by atoms with Crippen molar-refractivity contribution in [2.75, 3.05) is 6.54 Å². The molecule has 0 saturated heterocycles. The first-order valence-electron chi connectivity index (χ1n) is 5.31. The van der Waals surface area contributed by atoms with Crippen molar-refractivity contribution in [2.24, 2.45) is 4.99 Å². The molecule has 0 bridgehead atoms. The largest absolute Gasteiger partial charge is 0.367 e. The van der Waals surface area contributed by atoms with Crippen LogP contribution >= 0.6 is 15.9 Å². The smallest absolute Gasteiger partial charge is 0.0968 e. The summed E-state index contributed by atoms with van der Waals surface area (Å²) in [6.45, 7) is 3.14. The van der Waals surface area contributed by atoms with Crippen LogP contribution in [-0.2, 0) is 0 Å². The zero-order valence-corrected chi connectivity index (χ0v) is 10.4. The van der Waals surface area contributed by atoms with Gasteiger partial charge >= 0.3 is 0 Å². The van der Waals surface area contributed by atoms with Gasteiger partial charge in [0.05, 0.1) is 11.9 Å². The second kappa shape index (κ2) is 4.79. The molecule has 1 atom stereocenters. The number of amidine groups is 1. The normalized spacial score (nSPS) is 17.3. The second-order valence-corrected chi connectivity index (χ2v) is 4.67. The molecule has 2 rings (SSSR count). The summed E-state index contributed by atoms with van der Waals surface area (Å²) in [5.74, 6) is 1.15. The fourth-order valence-electron chi connectivity index (χ4n) is 1.81. The van der Waals surface area contributed by atoms with E-state index >= 15 is 0 Å². The zero-order chi connectivity index (χ0) is 10.7. The molecule has 1 aliphatic rings. The van der Waals surface area contributed by atoms with Crippen LogP contribution in [0.5, 0.6) is 0 Å². The predicted octanol–water partition coefficient (Wildman–Crippen LogP) is 3.29. The predicted molar refractivity (Wildman–Crippen MR) is 67.2 cm³/mol. The van der Waals surface area contributed by atoms with Crippen molar-refractivity contribution >= 4 is 21.8 Å². The van der Waals surface area contributed by atoms with Crippen LogP contribution in [0.2, 0.25) is 0 Å². The van der Waals surface area contributed by atoms with Gasteiger partial charge in [-0.2, -0.15) is 0 Å². The maximum atomic E-state index is 4.42. The number of nitrogens with one attached hydrogen (secondary N) is 1. The summed E-state index contributed by atoms with van der Waals surface area (Å²) in [6, 6.07) is 8.63. The number of rotatable bonds is 2. The maximum Gasteiger partial charge on any atom is 0.0968 e. The molecular weight excluding hydrogens is 252 g/mol. The molecule has 15 heavy (non-hydrogen) atoms. The monoisotopic (exact) mass is 266 g/mol. The van der Waals surface area contributed by atoms with Gasteiger partial charge in [0.1, 0.15) is 0 Å². The Hall–Kier alpha value is -0.830. The van der Waals surface area contributed by atoms with Crippen molar-refractivity contribution in [1.29, 1.82) is 0 Å². The number of hydrogen-bond donors (Lipinski definition) is 1. The maximum absolute atomic E-state index is 4.42. The van der Waals surface area contributed by atoms with Crippen LogP contribution in [0.4, 0.5) is 0 Å². The highest BCUT2D eigenvalue weighted by atomic mass is 79.9. The van der Waals surface area contributed by atoms with Crippen molar-refractivity contribution in [2.45, 2.75) is 25.8 Å². The SMILES string of the molecule is C[C@@H](NC1=NCCC1)c1ccccc1Br. The Morgan fingerprint density at radius 3 is 2.87 bits per heavy atom. The number of aliphatic imine (C=N–C) groups is 1. The molecule has 1 aromatic carbocycles. The fraction of sp³-hybridized carbons (Fsp3) is 0.417. The van der Waals surface area contributed by atoms with Crippen LogP contribution in [0.3, 0.4) is 0 Å². The molecule has 3 heteroatoms. The van der Waals surface area contributed by atoms with Crippen molar-refractivity contribution in [3.05, 3.63) is 34.3 Å². The first-order chi connectivity index (χ1) is 7.27. The minimum atomic E-state index is 0.317. The van der Waals surface area contributed by atoms with Gasteiger partial charge in [-0.1, -0.05) is 34.1 Å². The number of nitrogens with zero attached hydrogens (tertiary/aromatic N) is 1. The van der Waals surface area contributed by atoms with Gasteiger partial charge in [0.25, 0.3) is 0 Å². The average Bonchev–Trinajstić information content (AvgIpc) is 2.71. The summed E-state index contributed by atoms with van der Waals surface area (Å²) in [6.07, 6.45) is 2.28. The molecule has 1 aromatic rings. The third-order valence-electron chi connectivity index (χ3n) is 2.63.